The van der Waals surface area contributed by atoms with Crippen molar-refractivity contribution >= 4 is 11.8 Å². The summed E-state index contributed by atoms with van der Waals surface area (Å²) in [5.41, 5.74) is 2.01. The summed E-state index contributed by atoms with van der Waals surface area (Å²) in [4.78, 5) is 28.7. The third-order valence-electron chi connectivity index (χ3n) is 5.08. The number of amides is 2. The first-order chi connectivity index (χ1) is 11.9. The van der Waals surface area contributed by atoms with Gasteiger partial charge in [-0.3, -0.25) is 9.59 Å². The zero-order chi connectivity index (χ0) is 18.0. The van der Waals surface area contributed by atoms with Crippen molar-refractivity contribution in [1.29, 1.82) is 0 Å². The molecule has 0 aliphatic carbocycles. The molecule has 0 radical (unpaired) electrons. The van der Waals surface area contributed by atoms with Crippen molar-refractivity contribution in [3.8, 4) is 0 Å². The number of ether oxygens (including phenoxy) is 1. The van der Waals surface area contributed by atoms with E-state index in [0.717, 1.165) is 12.8 Å². The average molecular weight is 344 g/mol. The molecule has 1 aromatic carbocycles. The van der Waals surface area contributed by atoms with Crippen LogP contribution in [-0.2, 0) is 14.9 Å². The Morgan fingerprint density at radius 2 is 1.60 bits per heavy atom. The molecule has 1 atom stereocenters. The lowest BCUT2D eigenvalue weighted by molar-refractivity contribution is -0.142. The predicted octanol–water partition coefficient (Wildman–Crippen LogP) is 2.45. The van der Waals surface area contributed by atoms with Gasteiger partial charge in [0.25, 0.3) is 11.8 Å². The van der Waals surface area contributed by atoms with Gasteiger partial charge in [0.15, 0.2) is 0 Å². The molecule has 0 saturated carbocycles. The number of piperazine rings is 1. The molecule has 2 amide bonds. The van der Waals surface area contributed by atoms with E-state index in [1.165, 1.54) is 5.56 Å². The first kappa shape index (κ1) is 17.9. The van der Waals surface area contributed by atoms with E-state index >= 15 is 0 Å². The quantitative estimate of drug-likeness (QED) is 0.828. The van der Waals surface area contributed by atoms with E-state index in [2.05, 4.69) is 20.8 Å². The highest BCUT2D eigenvalue weighted by Crippen LogP contribution is 2.23. The lowest BCUT2D eigenvalue weighted by Crippen LogP contribution is -2.52. The molecule has 2 aliphatic rings. The largest absolute Gasteiger partial charge is 0.368 e. The van der Waals surface area contributed by atoms with Crippen molar-refractivity contribution in [2.75, 3.05) is 32.8 Å². The number of hydrogen-bond donors (Lipinski definition) is 0. The minimum absolute atomic E-state index is 0.0460. The van der Waals surface area contributed by atoms with E-state index in [-0.39, 0.29) is 23.3 Å². The smallest absolute Gasteiger partial charge is 0.253 e. The van der Waals surface area contributed by atoms with Crippen LogP contribution in [0.25, 0.3) is 0 Å². The zero-order valence-electron chi connectivity index (χ0n) is 15.5. The second-order valence-corrected chi connectivity index (χ2v) is 7.95. The maximum absolute atomic E-state index is 12.7. The van der Waals surface area contributed by atoms with E-state index in [1.54, 1.807) is 0 Å². The fourth-order valence-electron chi connectivity index (χ4n) is 3.40. The number of carbonyl (C=O) groups is 2. The van der Waals surface area contributed by atoms with E-state index in [4.69, 9.17) is 4.74 Å². The third-order valence-corrected chi connectivity index (χ3v) is 5.08. The number of carbonyl (C=O) groups excluding carboxylic acids is 2. The van der Waals surface area contributed by atoms with Gasteiger partial charge in [0, 0.05) is 38.3 Å². The summed E-state index contributed by atoms with van der Waals surface area (Å²) in [5.74, 6) is 0.129. The van der Waals surface area contributed by atoms with Crippen LogP contribution in [0, 0.1) is 0 Å². The third kappa shape index (κ3) is 4.03. The molecular weight excluding hydrogens is 316 g/mol. The molecule has 1 aromatic rings. The van der Waals surface area contributed by atoms with Crippen molar-refractivity contribution in [3.05, 3.63) is 35.4 Å². The lowest BCUT2D eigenvalue weighted by atomic mass is 9.86. The maximum Gasteiger partial charge on any atom is 0.253 e. The van der Waals surface area contributed by atoms with Gasteiger partial charge in [0.2, 0.25) is 0 Å². The van der Waals surface area contributed by atoms with Crippen LogP contribution in [0.3, 0.4) is 0 Å². The molecular formula is C20H28N2O3. The van der Waals surface area contributed by atoms with Crippen LogP contribution in [-0.4, -0.2) is 60.5 Å². The Bertz CT molecular complexity index is 619. The van der Waals surface area contributed by atoms with Crippen LogP contribution in [0.15, 0.2) is 24.3 Å². The lowest BCUT2D eigenvalue weighted by Gasteiger charge is -2.35. The van der Waals surface area contributed by atoms with Crippen LogP contribution < -0.4 is 0 Å². The van der Waals surface area contributed by atoms with Gasteiger partial charge < -0.3 is 14.5 Å². The Balaban J connectivity index is 1.57. The molecule has 2 heterocycles. The highest BCUT2D eigenvalue weighted by atomic mass is 16.5. The van der Waals surface area contributed by atoms with Gasteiger partial charge in [-0.1, -0.05) is 32.9 Å². The van der Waals surface area contributed by atoms with Crippen LogP contribution in [0.2, 0.25) is 0 Å². The molecule has 5 nitrogen and oxygen atoms in total. The Kier molecular flexibility index (Phi) is 5.13. The Labute approximate surface area is 149 Å². The molecule has 2 saturated heterocycles. The number of benzene rings is 1. The van der Waals surface area contributed by atoms with Crippen molar-refractivity contribution in [3.63, 3.8) is 0 Å². The molecule has 136 valence electrons. The average Bonchev–Trinajstić information content (AvgIpc) is 3.14. The van der Waals surface area contributed by atoms with Crippen LogP contribution in [0.1, 0.15) is 49.5 Å². The number of hydrogen-bond acceptors (Lipinski definition) is 3. The highest BCUT2D eigenvalue weighted by molar-refractivity contribution is 5.94. The maximum atomic E-state index is 12.7. The standard InChI is InChI=1S/C20H28N2O3/c1-20(2,3)16-8-6-15(7-9-16)18(23)21-10-12-22(13-11-21)19(24)17-5-4-14-25-17/h6-9,17H,4-5,10-14H2,1-3H3/t17-/m1/s1. The molecule has 2 aliphatic heterocycles. The Morgan fingerprint density at radius 3 is 2.12 bits per heavy atom. The van der Waals surface area contributed by atoms with Crippen molar-refractivity contribution < 1.29 is 14.3 Å². The predicted molar refractivity (Wildman–Crippen MR) is 96.6 cm³/mol. The normalized spacial score (nSPS) is 21.5. The molecule has 2 fully saturated rings. The summed E-state index contributed by atoms with van der Waals surface area (Å²) in [5, 5.41) is 0. The Morgan fingerprint density at radius 1 is 1.00 bits per heavy atom. The van der Waals surface area contributed by atoms with E-state index in [1.807, 2.05) is 34.1 Å². The summed E-state index contributed by atoms with van der Waals surface area (Å²) >= 11 is 0. The first-order valence-electron chi connectivity index (χ1n) is 9.16. The van der Waals surface area contributed by atoms with Crippen molar-refractivity contribution in [2.24, 2.45) is 0 Å². The number of nitrogens with zero attached hydrogens (tertiary/aromatic N) is 2. The molecule has 3 rings (SSSR count). The minimum atomic E-state index is -0.271. The molecule has 5 heteroatoms. The van der Waals surface area contributed by atoms with Crippen LogP contribution >= 0.6 is 0 Å². The van der Waals surface area contributed by atoms with Gasteiger partial charge in [-0.2, -0.15) is 0 Å². The fourth-order valence-corrected chi connectivity index (χ4v) is 3.40. The first-order valence-corrected chi connectivity index (χ1v) is 9.16. The van der Waals surface area contributed by atoms with Gasteiger partial charge in [0.1, 0.15) is 6.10 Å². The molecule has 0 aromatic heterocycles. The monoisotopic (exact) mass is 344 g/mol. The van der Waals surface area contributed by atoms with Gasteiger partial charge in [0.05, 0.1) is 0 Å². The summed E-state index contributed by atoms with van der Waals surface area (Å²) in [6.07, 6.45) is 1.50. The van der Waals surface area contributed by atoms with Gasteiger partial charge in [-0.15, -0.1) is 0 Å². The molecule has 0 spiro atoms. The van der Waals surface area contributed by atoms with Gasteiger partial charge in [-0.05, 0) is 36.0 Å². The molecule has 0 bridgehead atoms. The summed E-state index contributed by atoms with van der Waals surface area (Å²) in [6, 6.07) is 7.88. The SMILES string of the molecule is CC(C)(C)c1ccc(C(=O)N2CCN(C(=O)[C@H]3CCCO3)CC2)cc1. The zero-order valence-corrected chi connectivity index (χ0v) is 15.5. The fraction of sp³-hybridized carbons (Fsp3) is 0.600. The van der Waals surface area contributed by atoms with Gasteiger partial charge in [-0.25, -0.2) is 0 Å². The second kappa shape index (κ2) is 7.16. The Hall–Kier alpha value is -1.88. The van der Waals surface area contributed by atoms with E-state index in [0.29, 0.717) is 38.3 Å². The number of rotatable bonds is 2. The summed E-state index contributed by atoms with van der Waals surface area (Å²) < 4.78 is 5.48. The molecule has 0 unspecified atom stereocenters. The highest BCUT2D eigenvalue weighted by Gasteiger charge is 2.31. The van der Waals surface area contributed by atoms with E-state index < -0.39 is 0 Å². The van der Waals surface area contributed by atoms with E-state index in [9.17, 15) is 9.59 Å². The van der Waals surface area contributed by atoms with Crippen molar-refractivity contribution in [2.45, 2.75) is 45.1 Å². The second-order valence-electron chi connectivity index (χ2n) is 7.95. The summed E-state index contributed by atoms with van der Waals surface area (Å²) in [6.45, 7) is 9.50. The van der Waals surface area contributed by atoms with Gasteiger partial charge >= 0.3 is 0 Å². The van der Waals surface area contributed by atoms with Crippen molar-refractivity contribution in [1.82, 2.24) is 9.80 Å². The summed E-state index contributed by atoms with van der Waals surface area (Å²) in [7, 11) is 0. The minimum Gasteiger partial charge on any atom is -0.368 e. The topological polar surface area (TPSA) is 49.9 Å². The molecule has 0 N–H and O–H groups in total. The van der Waals surface area contributed by atoms with Crippen LogP contribution in [0.4, 0.5) is 0 Å². The van der Waals surface area contributed by atoms with Crippen LogP contribution in [0.5, 0.6) is 0 Å². The molecule has 25 heavy (non-hydrogen) atoms.